The summed E-state index contributed by atoms with van der Waals surface area (Å²) in [6, 6.07) is 5.61. The molecule has 106 valence electrons. The average Bonchev–Trinajstić information content (AvgIpc) is 3.10. The second-order valence-electron chi connectivity index (χ2n) is 6.13. The predicted octanol–water partition coefficient (Wildman–Crippen LogP) is 2.83. The molecular weight excluding hydrogens is 254 g/mol. The third-order valence-electron chi connectivity index (χ3n) is 4.88. The van der Waals surface area contributed by atoms with E-state index in [0.717, 1.165) is 29.5 Å². The van der Waals surface area contributed by atoms with E-state index >= 15 is 0 Å². The van der Waals surface area contributed by atoms with Crippen LogP contribution in [0.15, 0.2) is 18.2 Å². The van der Waals surface area contributed by atoms with Crippen LogP contribution in [0.4, 0.5) is 5.69 Å². The number of anilines is 1. The highest BCUT2D eigenvalue weighted by Crippen LogP contribution is 2.48. The van der Waals surface area contributed by atoms with Crippen LogP contribution in [0.25, 0.3) is 0 Å². The topological polar surface area (TPSA) is 47.6 Å². The first-order chi connectivity index (χ1) is 9.79. The molecule has 1 heterocycles. The molecular formula is C16H19NO3. The van der Waals surface area contributed by atoms with E-state index in [9.17, 15) is 4.79 Å². The molecule has 3 aliphatic rings. The number of fused-ring (bicyclic) bond motifs is 3. The molecule has 4 heteroatoms. The Kier molecular flexibility index (Phi) is 2.83. The summed E-state index contributed by atoms with van der Waals surface area (Å²) in [4.78, 5) is 12.4. The van der Waals surface area contributed by atoms with Gasteiger partial charge in [0.15, 0.2) is 11.5 Å². The van der Waals surface area contributed by atoms with Gasteiger partial charge in [-0.2, -0.15) is 0 Å². The van der Waals surface area contributed by atoms with E-state index in [2.05, 4.69) is 5.32 Å². The molecule has 20 heavy (non-hydrogen) atoms. The minimum absolute atomic E-state index is 0.175. The molecule has 0 unspecified atom stereocenters. The Balaban J connectivity index is 1.47. The van der Waals surface area contributed by atoms with Gasteiger partial charge in [0.25, 0.3) is 0 Å². The number of hydrogen-bond acceptors (Lipinski definition) is 3. The van der Waals surface area contributed by atoms with E-state index in [1.165, 1.54) is 19.3 Å². The molecule has 0 aromatic heterocycles. The average molecular weight is 273 g/mol. The molecule has 2 saturated carbocycles. The zero-order valence-electron chi connectivity index (χ0n) is 11.4. The molecule has 0 spiro atoms. The number of carbonyl (C=O) groups excluding carboxylic acids is 1. The second kappa shape index (κ2) is 4.69. The van der Waals surface area contributed by atoms with Gasteiger partial charge in [0.2, 0.25) is 5.91 Å². The van der Waals surface area contributed by atoms with Gasteiger partial charge in [-0.05, 0) is 43.2 Å². The van der Waals surface area contributed by atoms with Gasteiger partial charge in [-0.3, -0.25) is 4.79 Å². The van der Waals surface area contributed by atoms with Gasteiger partial charge in [0.1, 0.15) is 13.2 Å². The van der Waals surface area contributed by atoms with Gasteiger partial charge in [-0.1, -0.05) is 6.42 Å². The van der Waals surface area contributed by atoms with Gasteiger partial charge in [-0.25, -0.2) is 0 Å². The fraction of sp³-hybridized carbons (Fsp3) is 0.562. The van der Waals surface area contributed by atoms with Crippen molar-refractivity contribution in [1.82, 2.24) is 0 Å². The lowest BCUT2D eigenvalue weighted by atomic mass is 9.88. The van der Waals surface area contributed by atoms with Crippen molar-refractivity contribution in [2.75, 3.05) is 18.5 Å². The van der Waals surface area contributed by atoms with E-state index in [0.29, 0.717) is 19.1 Å². The fourth-order valence-corrected chi connectivity index (χ4v) is 3.92. The van der Waals surface area contributed by atoms with Crippen molar-refractivity contribution < 1.29 is 14.3 Å². The Labute approximate surface area is 118 Å². The third-order valence-corrected chi connectivity index (χ3v) is 4.88. The van der Waals surface area contributed by atoms with Gasteiger partial charge in [0, 0.05) is 17.7 Å². The van der Waals surface area contributed by atoms with Crippen LogP contribution < -0.4 is 14.8 Å². The molecule has 1 aliphatic heterocycles. The summed E-state index contributed by atoms with van der Waals surface area (Å²) in [5, 5.41) is 3.04. The van der Waals surface area contributed by atoms with Crippen LogP contribution in [0.2, 0.25) is 0 Å². The molecule has 1 N–H and O–H groups in total. The number of ether oxygens (including phenoxy) is 2. The highest BCUT2D eigenvalue weighted by atomic mass is 16.6. The highest BCUT2D eigenvalue weighted by Gasteiger charge is 2.43. The molecule has 2 fully saturated rings. The number of nitrogens with one attached hydrogen (secondary N) is 1. The summed E-state index contributed by atoms with van der Waals surface area (Å²) < 4.78 is 11.0. The molecule has 0 saturated heterocycles. The molecule has 3 atom stereocenters. The maximum Gasteiger partial charge on any atom is 0.227 e. The minimum Gasteiger partial charge on any atom is -0.486 e. The van der Waals surface area contributed by atoms with E-state index in [1.807, 2.05) is 18.2 Å². The first kappa shape index (κ1) is 12.1. The van der Waals surface area contributed by atoms with E-state index < -0.39 is 0 Å². The van der Waals surface area contributed by atoms with Crippen LogP contribution in [-0.2, 0) is 4.79 Å². The van der Waals surface area contributed by atoms with Crippen LogP contribution in [0.1, 0.15) is 25.7 Å². The summed E-state index contributed by atoms with van der Waals surface area (Å²) >= 11 is 0. The minimum atomic E-state index is 0.175. The van der Waals surface area contributed by atoms with Crippen LogP contribution in [0.3, 0.4) is 0 Å². The standard InChI is InChI=1S/C16H19NO3/c18-16(13-8-10-1-2-11(13)7-10)17-12-3-4-14-15(9-12)20-6-5-19-14/h3-4,9-11,13H,1-2,5-8H2,(H,17,18)/t10-,11+,13+/m0/s1. The molecule has 4 nitrogen and oxygen atoms in total. The predicted molar refractivity (Wildman–Crippen MR) is 75.0 cm³/mol. The van der Waals surface area contributed by atoms with Crippen molar-refractivity contribution in [3.05, 3.63) is 18.2 Å². The summed E-state index contributed by atoms with van der Waals surface area (Å²) in [6.07, 6.45) is 4.86. The fourth-order valence-electron chi connectivity index (χ4n) is 3.92. The molecule has 4 rings (SSSR count). The maximum absolute atomic E-state index is 12.4. The number of benzene rings is 1. The lowest BCUT2D eigenvalue weighted by Gasteiger charge is -2.22. The zero-order valence-corrected chi connectivity index (χ0v) is 11.4. The van der Waals surface area contributed by atoms with E-state index in [1.54, 1.807) is 0 Å². The molecule has 1 amide bonds. The zero-order chi connectivity index (χ0) is 13.5. The normalized spacial score (nSPS) is 30.3. The van der Waals surface area contributed by atoms with Crippen LogP contribution in [0.5, 0.6) is 11.5 Å². The Hall–Kier alpha value is -1.71. The molecule has 1 aromatic rings. The highest BCUT2D eigenvalue weighted by molar-refractivity contribution is 5.93. The van der Waals surface area contributed by atoms with Crippen LogP contribution in [0, 0.1) is 17.8 Å². The Morgan fingerprint density at radius 1 is 1.10 bits per heavy atom. The van der Waals surface area contributed by atoms with E-state index in [4.69, 9.17) is 9.47 Å². The molecule has 1 aromatic carbocycles. The van der Waals surface area contributed by atoms with E-state index in [-0.39, 0.29) is 11.8 Å². The van der Waals surface area contributed by atoms with Gasteiger partial charge >= 0.3 is 0 Å². The smallest absolute Gasteiger partial charge is 0.227 e. The largest absolute Gasteiger partial charge is 0.486 e. The summed E-state index contributed by atoms with van der Waals surface area (Å²) in [5.41, 5.74) is 0.807. The lowest BCUT2D eigenvalue weighted by molar-refractivity contribution is -0.121. The quantitative estimate of drug-likeness (QED) is 0.901. The van der Waals surface area contributed by atoms with Crippen molar-refractivity contribution >= 4 is 11.6 Å². The summed E-state index contributed by atoms with van der Waals surface area (Å²) in [6.45, 7) is 1.15. The second-order valence-corrected chi connectivity index (χ2v) is 6.13. The van der Waals surface area contributed by atoms with Crippen molar-refractivity contribution in [3.63, 3.8) is 0 Å². The number of carbonyl (C=O) groups is 1. The number of hydrogen-bond donors (Lipinski definition) is 1. The molecule has 0 radical (unpaired) electrons. The SMILES string of the molecule is O=C(Nc1ccc2c(c1)OCCO2)[C@@H]1C[C@H]2CC[C@@H]1C2. The first-order valence-corrected chi connectivity index (χ1v) is 7.50. The number of rotatable bonds is 2. The Morgan fingerprint density at radius 3 is 2.70 bits per heavy atom. The van der Waals surface area contributed by atoms with Gasteiger partial charge in [0.05, 0.1) is 0 Å². The van der Waals surface area contributed by atoms with Crippen molar-refractivity contribution in [2.24, 2.45) is 17.8 Å². The Morgan fingerprint density at radius 2 is 1.95 bits per heavy atom. The van der Waals surface area contributed by atoms with Gasteiger partial charge in [-0.15, -0.1) is 0 Å². The lowest BCUT2D eigenvalue weighted by Crippen LogP contribution is -2.27. The Bertz CT molecular complexity index is 543. The summed E-state index contributed by atoms with van der Waals surface area (Å²) in [5.74, 6) is 3.26. The first-order valence-electron chi connectivity index (χ1n) is 7.50. The van der Waals surface area contributed by atoms with Crippen molar-refractivity contribution in [3.8, 4) is 11.5 Å². The maximum atomic E-state index is 12.4. The molecule has 2 aliphatic carbocycles. The van der Waals surface area contributed by atoms with Crippen molar-refractivity contribution in [2.45, 2.75) is 25.7 Å². The molecule has 2 bridgehead atoms. The van der Waals surface area contributed by atoms with Crippen LogP contribution >= 0.6 is 0 Å². The number of amides is 1. The monoisotopic (exact) mass is 273 g/mol. The van der Waals surface area contributed by atoms with Crippen molar-refractivity contribution in [1.29, 1.82) is 0 Å². The third kappa shape index (κ3) is 2.03. The summed E-state index contributed by atoms with van der Waals surface area (Å²) in [7, 11) is 0. The van der Waals surface area contributed by atoms with Gasteiger partial charge < -0.3 is 14.8 Å². The van der Waals surface area contributed by atoms with Crippen LogP contribution in [-0.4, -0.2) is 19.1 Å².